The molecule has 45 heavy (non-hydrogen) atoms. The highest BCUT2D eigenvalue weighted by Crippen LogP contribution is 2.16. The van der Waals surface area contributed by atoms with Gasteiger partial charge in [-0.25, -0.2) is 0 Å². The molecule has 0 spiro atoms. The van der Waals surface area contributed by atoms with Gasteiger partial charge in [0.25, 0.3) is 0 Å². The molecule has 1 nitrogen and oxygen atoms in total. The van der Waals surface area contributed by atoms with E-state index in [4.69, 9.17) is 0 Å². The molecule has 0 aliphatic rings. The monoisotopic (exact) mass is 626 g/mol. The summed E-state index contributed by atoms with van der Waals surface area (Å²) in [5.74, 6) is 1.77. The zero-order chi connectivity index (χ0) is 32.5. The number of nitrogens with zero attached hydrogens (tertiary/aromatic N) is 1. The summed E-state index contributed by atoms with van der Waals surface area (Å²) in [4.78, 5) is 2.79. The molecule has 0 radical (unpaired) electrons. The Kier molecular flexibility index (Phi) is 31.0. The van der Waals surface area contributed by atoms with Crippen molar-refractivity contribution >= 4 is 0 Å². The first-order valence-electron chi connectivity index (χ1n) is 20.8. The van der Waals surface area contributed by atoms with E-state index in [-0.39, 0.29) is 0 Å². The highest BCUT2D eigenvalue weighted by Gasteiger charge is 2.06. The summed E-state index contributed by atoms with van der Waals surface area (Å²) < 4.78 is 0. The quantitative estimate of drug-likeness (QED) is 0.0678. The number of rotatable bonds is 35. The van der Waals surface area contributed by atoms with Gasteiger partial charge < -0.3 is 4.90 Å². The van der Waals surface area contributed by atoms with Crippen LogP contribution < -0.4 is 0 Å². The van der Waals surface area contributed by atoms with E-state index in [1.54, 1.807) is 0 Å². The third-order valence-electron chi connectivity index (χ3n) is 10.1. The smallest absolute Gasteiger partial charge is 0.00218 e. The molecule has 0 aromatic heterocycles. The van der Waals surface area contributed by atoms with Crippen LogP contribution in [0.2, 0.25) is 0 Å². The van der Waals surface area contributed by atoms with Crippen molar-refractivity contribution in [1.82, 2.24) is 4.90 Å². The van der Waals surface area contributed by atoms with Crippen LogP contribution >= 0.6 is 0 Å². The van der Waals surface area contributed by atoms with Crippen LogP contribution in [0.4, 0.5) is 0 Å². The molecule has 1 heteroatoms. The number of hydrogen-bond donors (Lipinski definition) is 0. The molecule has 1 aromatic carbocycles. The van der Waals surface area contributed by atoms with Crippen LogP contribution in [0.15, 0.2) is 30.3 Å². The van der Waals surface area contributed by atoms with E-state index < -0.39 is 0 Å². The normalized spacial score (nSPS) is 11.9. The Morgan fingerprint density at radius 3 is 0.956 bits per heavy atom. The van der Waals surface area contributed by atoms with Crippen molar-refractivity contribution in [2.24, 2.45) is 11.8 Å². The van der Waals surface area contributed by atoms with Crippen molar-refractivity contribution < 1.29 is 0 Å². The first-order valence-corrected chi connectivity index (χ1v) is 20.8. The number of unbranched alkanes of at least 4 members (excludes halogenated alkanes) is 24. The number of benzene rings is 1. The van der Waals surface area contributed by atoms with Crippen molar-refractivity contribution in [1.29, 1.82) is 0 Å². The topological polar surface area (TPSA) is 3.24 Å². The van der Waals surface area contributed by atoms with Gasteiger partial charge in [0.2, 0.25) is 0 Å². The Morgan fingerprint density at radius 1 is 0.356 bits per heavy atom. The van der Waals surface area contributed by atoms with E-state index >= 15 is 0 Å². The highest BCUT2D eigenvalue weighted by atomic mass is 15.1. The van der Waals surface area contributed by atoms with E-state index in [1.165, 1.54) is 211 Å². The van der Waals surface area contributed by atoms with E-state index in [0.717, 1.165) is 11.8 Å². The van der Waals surface area contributed by atoms with Crippen LogP contribution in [0.25, 0.3) is 0 Å². The molecule has 0 saturated carbocycles. The van der Waals surface area contributed by atoms with Gasteiger partial charge in [-0.2, -0.15) is 0 Å². The average molecular weight is 626 g/mol. The molecule has 1 rings (SSSR count). The van der Waals surface area contributed by atoms with Crippen LogP contribution in [0.3, 0.4) is 0 Å². The molecule has 1 aromatic rings. The lowest BCUT2D eigenvalue weighted by molar-refractivity contribution is 0.263. The minimum atomic E-state index is 0.886. The predicted molar refractivity (Wildman–Crippen MR) is 206 cm³/mol. The summed E-state index contributed by atoms with van der Waals surface area (Å²) in [5.41, 5.74) is 1.50. The lowest BCUT2D eigenvalue weighted by Crippen LogP contribution is -2.28. The van der Waals surface area contributed by atoms with Gasteiger partial charge in [-0.15, -0.1) is 0 Å². The van der Waals surface area contributed by atoms with Gasteiger partial charge in [-0.05, 0) is 49.8 Å². The third kappa shape index (κ3) is 31.5. The minimum Gasteiger partial charge on any atom is -0.303 e. The third-order valence-corrected chi connectivity index (χ3v) is 10.1. The van der Waals surface area contributed by atoms with Gasteiger partial charge in [0.05, 0.1) is 0 Å². The maximum Gasteiger partial charge on any atom is 0.00218 e. The van der Waals surface area contributed by atoms with Gasteiger partial charge in [0, 0.05) is 6.54 Å². The largest absolute Gasteiger partial charge is 0.303 e. The maximum absolute atomic E-state index is 2.79. The summed E-state index contributed by atoms with van der Waals surface area (Å²) in [6.45, 7) is 13.3. The van der Waals surface area contributed by atoms with Crippen molar-refractivity contribution in [3.63, 3.8) is 0 Å². The minimum absolute atomic E-state index is 0.886. The van der Waals surface area contributed by atoms with Gasteiger partial charge >= 0.3 is 0 Å². The summed E-state index contributed by atoms with van der Waals surface area (Å²) in [5, 5.41) is 0. The fraction of sp³-hybridized carbons (Fsp3) is 0.864. The van der Waals surface area contributed by atoms with E-state index in [9.17, 15) is 0 Å². The van der Waals surface area contributed by atoms with Crippen LogP contribution in [-0.4, -0.2) is 24.5 Å². The Hall–Kier alpha value is -0.820. The first-order chi connectivity index (χ1) is 22.1. The zero-order valence-corrected chi connectivity index (χ0v) is 31.6. The van der Waals surface area contributed by atoms with Crippen LogP contribution in [-0.2, 0) is 6.42 Å². The highest BCUT2D eigenvalue weighted by molar-refractivity contribution is 5.14. The Labute approximate surface area is 285 Å². The Balaban J connectivity index is 2.01. The maximum atomic E-state index is 2.79. The number of hydrogen-bond acceptors (Lipinski definition) is 1. The molecular formula is C44H83N. The molecule has 0 aliphatic carbocycles. The van der Waals surface area contributed by atoms with Crippen molar-refractivity contribution in [2.75, 3.05) is 19.6 Å². The second-order valence-electron chi connectivity index (χ2n) is 15.6. The second-order valence-corrected chi connectivity index (χ2v) is 15.6. The molecule has 0 saturated heterocycles. The molecule has 0 aliphatic heterocycles. The summed E-state index contributed by atoms with van der Waals surface area (Å²) in [6.07, 6.45) is 41.9. The summed E-state index contributed by atoms with van der Waals surface area (Å²) >= 11 is 0. The molecule has 0 fully saturated rings. The van der Waals surface area contributed by atoms with E-state index in [1.807, 2.05) is 0 Å². The van der Waals surface area contributed by atoms with E-state index in [2.05, 4.69) is 62.9 Å². The molecule has 0 heterocycles. The molecule has 0 N–H and O–H groups in total. The standard InChI is InChI=1S/C44H83N/c1-42(2)34-28-23-19-15-11-7-5-9-13-17-21-25-32-39-45(41-38-44-36-30-27-31-37-44)40-33-26-22-18-14-10-6-8-12-16-20-24-29-35-43(3)4/h27,30-31,36-37,42-43H,5-26,28-29,32-35,38-41H2,1-4H3. The lowest BCUT2D eigenvalue weighted by atomic mass is 10.0. The summed E-state index contributed by atoms with van der Waals surface area (Å²) in [7, 11) is 0. The fourth-order valence-corrected chi connectivity index (χ4v) is 6.93. The molecule has 0 unspecified atom stereocenters. The first kappa shape index (κ1) is 42.2. The average Bonchev–Trinajstić information content (AvgIpc) is 3.03. The summed E-state index contributed by atoms with van der Waals surface area (Å²) in [6, 6.07) is 11.2. The fourth-order valence-electron chi connectivity index (χ4n) is 6.93. The van der Waals surface area contributed by atoms with Gasteiger partial charge in [-0.3, -0.25) is 0 Å². The molecular weight excluding hydrogens is 542 g/mol. The SMILES string of the molecule is CC(C)CCCCCCCCCCCCCCCN(CCCCCCCCCCCCCCCC(C)C)CCc1ccccc1. The van der Waals surface area contributed by atoms with Crippen LogP contribution in [0, 0.1) is 11.8 Å². The Bertz CT molecular complexity index is 641. The molecule has 0 amide bonds. The second kappa shape index (κ2) is 33.1. The van der Waals surface area contributed by atoms with E-state index in [0.29, 0.717) is 0 Å². The Morgan fingerprint density at radius 2 is 0.644 bits per heavy atom. The molecule has 264 valence electrons. The van der Waals surface area contributed by atoms with Gasteiger partial charge in [0.15, 0.2) is 0 Å². The molecule has 0 atom stereocenters. The van der Waals surface area contributed by atoms with Crippen LogP contribution in [0.5, 0.6) is 0 Å². The van der Waals surface area contributed by atoms with Crippen molar-refractivity contribution in [2.45, 2.75) is 214 Å². The van der Waals surface area contributed by atoms with Crippen molar-refractivity contribution in [3.8, 4) is 0 Å². The van der Waals surface area contributed by atoms with Gasteiger partial charge in [-0.1, -0.05) is 225 Å². The van der Waals surface area contributed by atoms with Gasteiger partial charge in [0.1, 0.15) is 0 Å². The van der Waals surface area contributed by atoms with Crippen molar-refractivity contribution in [3.05, 3.63) is 35.9 Å². The molecule has 0 bridgehead atoms. The van der Waals surface area contributed by atoms with Crippen LogP contribution in [0.1, 0.15) is 213 Å². The zero-order valence-electron chi connectivity index (χ0n) is 31.6. The predicted octanol–water partition coefficient (Wildman–Crippen LogP) is 14.8. The lowest BCUT2D eigenvalue weighted by Gasteiger charge is -2.22.